The Morgan fingerprint density at radius 2 is 2.19 bits per heavy atom. The fourth-order valence-corrected chi connectivity index (χ4v) is 2.36. The van der Waals surface area contributed by atoms with Crippen LogP contribution in [0.3, 0.4) is 0 Å². The van der Waals surface area contributed by atoms with Gasteiger partial charge in [0, 0.05) is 17.0 Å². The van der Waals surface area contributed by atoms with E-state index < -0.39 is 0 Å². The van der Waals surface area contributed by atoms with Crippen molar-refractivity contribution in [3.05, 3.63) is 28.3 Å². The van der Waals surface area contributed by atoms with Crippen molar-refractivity contribution in [2.24, 2.45) is 0 Å². The Morgan fingerprint density at radius 3 is 2.69 bits per heavy atom. The Kier molecular flexibility index (Phi) is 3.20. The Bertz CT molecular complexity index is 422. The number of benzene rings is 1. The highest BCUT2D eigenvalue weighted by Crippen LogP contribution is 2.47. The third kappa shape index (κ3) is 2.38. The molecule has 0 bridgehead atoms. The lowest BCUT2D eigenvalue weighted by Gasteiger charge is -2.11. The summed E-state index contributed by atoms with van der Waals surface area (Å²) in [7, 11) is 1.65. The molecule has 0 atom stereocenters. The standard InChI is InChI=1S/C13H15ClO2/c1-8(15)5-9-6-11(14)13(10-3-4-10)12(7-9)16-2/h6-7,10H,3-5H2,1-2H3. The van der Waals surface area contributed by atoms with E-state index >= 15 is 0 Å². The minimum absolute atomic E-state index is 0.136. The van der Waals surface area contributed by atoms with Crippen LogP contribution in [0.25, 0.3) is 0 Å². The molecule has 0 amide bonds. The second-order valence-electron chi connectivity index (χ2n) is 4.35. The molecule has 1 aliphatic carbocycles. The molecule has 1 saturated carbocycles. The van der Waals surface area contributed by atoms with Crippen molar-refractivity contribution in [1.82, 2.24) is 0 Å². The Balaban J connectivity index is 2.37. The summed E-state index contributed by atoms with van der Waals surface area (Å²) in [5.41, 5.74) is 2.04. The van der Waals surface area contributed by atoms with Crippen LogP contribution in [-0.4, -0.2) is 12.9 Å². The van der Waals surface area contributed by atoms with Gasteiger partial charge in [-0.25, -0.2) is 0 Å². The first-order chi connectivity index (χ1) is 7.61. The molecule has 0 saturated heterocycles. The van der Waals surface area contributed by atoms with Gasteiger partial charge in [-0.05, 0) is 43.4 Å². The van der Waals surface area contributed by atoms with E-state index in [1.807, 2.05) is 12.1 Å². The monoisotopic (exact) mass is 238 g/mol. The molecule has 1 fully saturated rings. The topological polar surface area (TPSA) is 26.3 Å². The molecule has 0 N–H and O–H groups in total. The lowest BCUT2D eigenvalue weighted by molar-refractivity contribution is -0.116. The van der Waals surface area contributed by atoms with E-state index in [0.717, 1.165) is 21.9 Å². The van der Waals surface area contributed by atoms with E-state index in [-0.39, 0.29) is 5.78 Å². The normalized spacial score (nSPS) is 14.9. The molecular weight excluding hydrogens is 224 g/mol. The summed E-state index contributed by atoms with van der Waals surface area (Å²) in [5, 5.41) is 0.734. The van der Waals surface area contributed by atoms with Crippen molar-refractivity contribution in [3.63, 3.8) is 0 Å². The molecule has 0 aromatic heterocycles. The highest BCUT2D eigenvalue weighted by atomic mass is 35.5. The fourth-order valence-electron chi connectivity index (χ4n) is 1.97. The average Bonchev–Trinajstić information content (AvgIpc) is 2.99. The molecular formula is C13H15ClO2. The number of carbonyl (C=O) groups excluding carboxylic acids is 1. The molecule has 0 heterocycles. The van der Waals surface area contributed by atoms with Crippen LogP contribution in [0.15, 0.2) is 12.1 Å². The largest absolute Gasteiger partial charge is 0.496 e. The number of halogens is 1. The quantitative estimate of drug-likeness (QED) is 0.804. The van der Waals surface area contributed by atoms with E-state index in [0.29, 0.717) is 12.3 Å². The molecule has 86 valence electrons. The maximum Gasteiger partial charge on any atom is 0.134 e. The number of hydrogen-bond acceptors (Lipinski definition) is 2. The number of Topliss-reactive ketones (excluding diaryl/α,β-unsaturated/α-hetero) is 1. The molecule has 1 aromatic carbocycles. The summed E-state index contributed by atoms with van der Waals surface area (Å²) >= 11 is 6.24. The van der Waals surface area contributed by atoms with Crippen LogP contribution in [0, 0.1) is 0 Å². The van der Waals surface area contributed by atoms with Gasteiger partial charge in [0.05, 0.1) is 7.11 Å². The molecule has 0 radical (unpaired) electrons. The maximum absolute atomic E-state index is 11.1. The summed E-state index contributed by atoms with van der Waals surface area (Å²) in [5.74, 6) is 1.51. The first kappa shape index (κ1) is 11.5. The van der Waals surface area contributed by atoms with Gasteiger partial charge >= 0.3 is 0 Å². The minimum atomic E-state index is 0.136. The number of ketones is 1. The molecule has 16 heavy (non-hydrogen) atoms. The molecule has 0 unspecified atom stereocenters. The van der Waals surface area contributed by atoms with Crippen molar-refractivity contribution >= 4 is 17.4 Å². The van der Waals surface area contributed by atoms with E-state index in [9.17, 15) is 4.79 Å². The van der Waals surface area contributed by atoms with Crippen LogP contribution in [-0.2, 0) is 11.2 Å². The summed E-state index contributed by atoms with van der Waals surface area (Å²) in [4.78, 5) is 11.1. The van der Waals surface area contributed by atoms with Crippen molar-refractivity contribution in [3.8, 4) is 5.75 Å². The van der Waals surface area contributed by atoms with E-state index in [2.05, 4.69) is 0 Å². The van der Waals surface area contributed by atoms with Gasteiger partial charge in [-0.1, -0.05) is 11.6 Å². The van der Waals surface area contributed by atoms with Crippen LogP contribution >= 0.6 is 11.6 Å². The number of ether oxygens (including phenoxy) is 1. The van der Waals surface area contributed by atoms with Crippen molar-refractivity contribution < 1.29 is 9.53 Å². The lowest BCUT2D eigenvalue weighted by atomic mass is 10.0. The van der Waals surface area contributed by atoms with Gasteiger partial charge in [-0.3, -0.25) is 4.79 Å². The van der Waals surface area contributed by atoms with Gasteiger partial charge in [0.25, 0.3) is 0 Å². The van der Waals surface area contributed by atoms with Crippen LogP contribution in [0.4, 0.5) is 0 Å². The van der Waals surface area contributed by atoms with Crippen LogP contribution in [0.5, 0.6) is 5.75 Å². The zero-order valence-electron chi connectivity index (χ0n) is 9.55. The molecule has 2 nitrogen and oxygen atoms in total. The summed E-state index contributed by atoms with van der Waals surface area (Å²) < 4.78 is 5.35. The lowest BCUT2D eigenvalue weighted by Crippen LogP contribution is -1.99. The molecule has 1 aliphatic rings. The average molecular weight is 239 g/mol. The third-order valence-electron chi connectivity index (χ3n) is 2.81. The Morgan fingerprint density at radius 1 is 1.50 bits per heavy atom. The Labute approximate surface area is 101 Å². The van der Waals surface area contributed by atoms with Crippen molar-refractivity contribution in [2.45, 2.75) is 32.1 Å². The van der Waals surface area contributed by atoms with E-state index in [4.69, 9.17) is 16.3 Å². The molecule has 0 aliphatic heterocycles. The molecule has 3 heteroatoms. The fraction of sp³-hybridized carbons (Fsp3) is 0.462. The number of methoxy groups -OCH3 is 1. The molecule has 1 aromatic rings. The highest BCUT2D eigenvalue weighted by Gasteiger charge is 2.29. The SMILES string of the molecule is COc1cc(CC(C)=O)cc(Cl)c1C1CC1. The molecule has 2 rings (SSSR count). The summed E-state index contributed by atoms with van der Waals surface area (Å²) in [6.07, 6.45) is 2.78. The first-order valence-corrected chi connectivity index (χ1v) is 5.85. The second-order valence-corrected chi connectivity index (χ2v) is 4.75. The van der Waals surface area contributed by atoms with Crippen LogP contribution < -0.4 is 4.74 Å². The number of rotatable bonds is 4. The van der Waals surface area contributed by atoms with E-state index in [1.165, 1.54) is 12.8 Å². The zero-order chi connectivity index (χ0) is 11.7. The second kappa shape index (κ2) is 4.46. The van der Waals surface area contributed by atoms with Gasteiger partial charge in [-0.2, -0.15) is 0 Å². The Hall–Kier alpha value is -1.02. The van der Waals surface area contributed by atoms with Crippen molar-refractivity contribution in [1.29, 1.82) is 0 Å². The highest BCUT2D eigenvalue weighted by molar-refractivity contribution is 6.31. The van der Waals surface area contributed by atoms with Gasteiger partial charge in [0.1, 0.15) is 11.5 Å². The first-order valence-electron chi connectivity index (χ1n) is 5.47. The van der Waals surface area contributed by atoms with Crippen LogP contribution in [0.1, 0.15) is 36.8 Å². The maximum atomic E-state index is 11.1. The zero-order valence-corrected chi connectivity index (χ0v) is 10.3. The van der Waals surface area contributed by atoms with Crippen molar-refractivity contribution in [2.75, 3.05) is 7.11 Å². The summed E-state index contributed by atoms with van der Waals surface area (Å²) in [6.45, 7) is 1.58. The smallest absolute Gasteiger partial charge is 0.134 e. The minimum Gasteiger partial charge on any atom is -0.496 e. The van der Waals surface area contributed by atoms with Gasteiger partial charge in [0.15, 0.2) is 0 Å². The van der Waals surface area contributed by atoms with Gasteiger partial charge in [-0.15, -0.1) is 0 Å². The van der Waals surface area contributed by atoms with E-state index in [1.54, 1.807) is 14.0 Å². The predicted molar refractivity (Wildman–Crippen MR) is 64.4 cm³/mol. The number of carbonyl (C=O) groups is 1. The number of hydrogen-bond donors (Lipinski definition) is 0. The van der Waals surface area contributed by atoms with Gasteiger partial charge in [0.2, 0.25) is 0 Å². The summed E-state index contributed by atoms with van der Waals surface area (Å²) in [6, 6.07) is 3.82. The third-order valence-corrected chi connectivity index (χ3v) is 3.12. The van der Waals surface area contributed by atoms with Crippen LogP contribution in [0.2, 0.25) is 5.02 Å². The van der Waals surface area contributed by atoms with Gasteiger partial charge < -0.3 is 4.74 Å². The predicted octanol–water partition coefficient (Wildman–Crippen LogP) is 3.36. The molecule has 0 spiro atoms.